The van der Waals surface area contributed by atoms with Crippen molar-refractivity contribution < 1.29 is 19.4 Å². The highest BCUT2D eigenvalue weighted by Crippen LogP contribution is 2.34. The Bertz CT molecular complexity index is 925. The Balaban J connectivity index is 2.37. The molecule has 0 bridgehead atoms. The lowest BCUT2D eigenvalue weighted by atomic mass is 10.0. The van der Waals surface area contributed by atoms with Gasteiger partial charge in [-0.2, -0.15) is 5.26 Å². The molecule has 28 heavy (non-hydrogen) atoms. The summed E-state index contributed by atoms with van der Waals surface area (Å²) >= 11 is 0. The van der Waals surface area contributed by atoms with Crippen LogP contribution in [0.2, 0.25) is 0 Å². The molecule has 1 amide bonds. The third-order valence-corrected chi connectivity index (χ3v) is 3.83. The van der Waals surface area contributed by atoms with Crippen molar-refractivity contribution in [1.82, 2.24) is 0 Å². The molecule has 0 saturated heterocycles. The number of ether oxygens (including phenoxy) is 2. The van der Waals surface area contributed by atoms with Gasteiger partial charge in [-0.1, -0.05) is 6.08 Å². The summed E-state index contributed by atoms with van der Waals surface area (Å²) in [7, 11) is 1.53. The van der Waals surface area contributed by atoms with Crippen molar-refractivity contribution >= 4 is 17.7 Å². The Morgan fingerprint density at radius 2 is 2.04 bits per heavy atom. The van der Waals surface area contributed by atoms with Crippen molar-refractivity contribution in [2.24, 2.45) is 0 Å². The normalized spacial score (nSPS) is 10.7. The second-order valence-electron chi connectivity index (χ2n) is 5.81. The van der Waals surface area contributed by atoms with E-state index in [9.17, 15) is 15.2 Å². The van der Waals surface area contributed by atoms with Gasteiger partial charge in [-0.05, 0) is 61.4 Å². The summed E-state index contributed by atoms with van der Waals surface area (Å²) in [5.74, 6) is 0.675. The van der Waals surface area contributed by atoms with E-state index < -0.39 is 5.91 Å². The summed E-state index contributed by atoms with van der Waals surface area (Å²) in [6, 6.07) is 11.5. The molecule has 0 atom stereocenters. The molecule has 0 aliphatic heterocycles. The third kappa shape index (κ3) is 5.15. The number of nitrogens with one attached hydrogen (secondary N) is 1. The minimum Gasteiger partial charge on any atom is -0.508 e. The Morgan fingerprint density at radius 3 is 2.61 bits per heavy atom. The van der Waals surface area contributed by atoms with E-state index in [0.29, 0.717) is 35.8 Å². The molecule has 0 unspecified atom stereocenters. The molecule has 2 aromatic rings. The molecule has 2 aromatic carbocycles. The van der Waals surface area contributed by atoms with Crippen molar-refractivity contribution in [3.63, 3.8) is 0 Å². The van der Waals surface area contributed by atoms with Crippen LogP contribution >= 0.6 is 0 Å². The van der Waals surface area contributed by atoms with Crippen LogP contribution in [-0.2, 0) is 11.2 Å². The minimum absolute atomic E-state index is 0.0659. The van der Waals surface area contributed by atoms with Crippen LogP contribution in [0.1, 0.15) is 18.1 Å². The number of methoxy groups -OCH3 is 1. The number of carbonyl (C=O) groups is 1. The zero-order chi connectivity index (χ0) is 20.5. The summed E-state index contributed by atoms with van der Waals surface area (Å²) in [6.45, 7) is 6.12. The molecular formula is C22H22N2O4. The van der Waals surface area contributed by atoms with Gasteiger partial charge in [0.1, 0.15) is 17.4 Å². The zero-order valence-electron chi connectivity index (χ0n) is 15.9. The molecule has 0 aliphatic rings. The number of benzene rings is 2. The van der Waals surface area contributed by atoms with E-state index >= 15 is 0 Å². The topological polar surface area (TPSA) is 91.6 Å². The largest absolute Gasteiger partial charge is 0.508 e. The predicted molar refractivity (Wildman–Crippen MR) is 108 cm³/mol. The fraction of sp³-hybridized carbons (Fsp3) is 0.182. The second-order valence-corrected chi connectivity index (χ2v) is 5.81. The number of rotatable bonds is 8. The minimum atomic E-state index is -0.550. The smallest absolute Gasteiger partial charge is 0.266 e. The SMILES string of the molecule is C=CCc1cc(/C=C(\C#N)C(=O)Nc2ccc(O)cc2)cc(OC)c1OCC. The standard InChI is InChI=1S/C22H22N2O4/c1-4-6-16-11-15(13-20(27-3)21(16)28-5-2)12-17(14-23)22(26)24-18-7-9-19(25)10-8-18/h4,7-13,25H,1,5-6H2,2-3H3,(H,24,26)/b17-12+. The van der Waals surface area contributed by atoms with Crippen LogP contribution in [0.5, 0.6) is 17.2 Å². The number of phenols is 1. The van der Waals surface area contributed by atoms with Gasteiger partial charge in [0.15, 0.2) is 11.5 Å². The fourth-order valence-corrected chi connectivity index (χ4v) is 2.59. The summed E-state index contributed by atoms with van der Waals surface area (Å²) in [6.07, 6.45) is 3.78. The average Bonchev–Trinajstić information content (AvgIpc) is 2.69. The molecule has 0 aliphatic carbocycles. The van der Waals surface area contributed by atoms with Crippen molar-refractivity contribution in [3.05, 3.63) is 65.8 Å². The lowest BCUT2D eigenvalue weighted by Crippen LogP contribution is -2.13. The first kappa shape index (κ1) is 20.6. The zero-order valence-corrected chi connectivity index (χ0v) is 15.9. The molecule has 6 nitrogen and oxygen atoms in total. The number of aromatic hydroxyl groups is 1. The van der Waals surface area contributed by atoms with Crippen molar-refractivity contribution in [2.75, 3.05) is 19.0 Å². The first-order chi connectivity index (χ1) is 13.5. The number of carbonyl (C=O) groups excluding carboxylic acids is 1. The van der Waals surface area contributed by atoms with Gasteiger partial charge in [0.05, 0.1) is 13.7 Å². The van der Waals surface area contributed by atoms with Crippen molar-refractivity contribution in [3.8, 4) is 23.3 Å². The lowest BCUT2D eigenvalue weighted by Gasteiger charge is -2.15. The van der Waals surface area contributed by atoms with E-state index in [-0.39, 0.29) is 11.3 Å². The fourth-order valence-electron chi connectivity index (χ4n) is 2.59. The number of phenolic OH excluding ortho intramolecular Hbond substituents is 1. The van der Waals surface area contributed by atoms with Gasteiger partial charge in [-0.3, -0.25) is 4.79 Å². The van der Waals surface area contributed by atoms with Gasteiger partial charge in [-0.25, -0.2) is 0 Å². The lowest BCUT2D eigenvalue weighted by molar-refractivity contribution is -0.112. The maximum atomic E-state index is 12.4. The number of anilines is 1. The van der Waals surface area contributed by atoms with E-state index in [4.69, 9.17) is 9.47 Å². The van der Waals surface area contributed by atoms with Crippen LogP contribution in [0.15, 0.2) is 54.6 Å². The van der Waals surface area contributed by atoms with Crippen LogP contribution in [-0.4, -0.2) is 24.7 Å². The van der Waals surface area contributed by atoms with Gasteiger partial charge in [0.25, 0.3) is 5.91 Å². The Morgan fingerprint density at radius 1 is 1.32 bits per heavy atom. The van der Waals surface area contributed by atoms with Crippen LogP contribution in [0.25, 0.3) is 6.08 Å². The molecule has 2 N–H and O–H groups in total. The first-order valence-electron chi connectivity index (χ1n) is 8.69. The number of hydrogen-bond donors (Lipinski definition) is 2. The number of nitriles is 1. The summed E-state index contributed by atoms with van der Waals surface area (Å²) < 4.78 is 11.1. The predicted octanol–water partition coefficient (Wildman–Crippen LogP) is 4.07. The van der Waals surface area contributed by atoms with E-state index in [1.54, 1.807) is 24.3 Å². The van der Waals surface area contributed by atoms with Gasteiger partial charge in [0.2, 0.25) is 0 Å². The van der Waals surface area contributed by atoms with E-state index in [0.717, 1.165) is 5.56 Å². The van der Waals surface area contributed by atoms with E-state index in [2.05, 4.69) is 11.9 Å². The quantitative estimate of drug-likeness (QED) is 0.313. The molecule has 144 valence electrons. The summed E-state index contributed by atoms with van der Waals surface area (Å²) in [5.41, 5.74) is 1.89. The van der Waals surface area contributed by atoms with E-state index in [1.165, 1.54) is 25.3 Å². The van der Waals surface area contributed by atoms with Gasteiger partial charge in [-0.15, -0.1) is 6.58 Å². The Kier molecular flexibility index (Phi) is 7.23. The van der Waals surface area contributed by atoms with Crippen molar-refractivity contribution in [1.29, 1.82) is 5.26 Å². The number of amides is 1. The number of nitrogens with zero attached hydrogens (tertiary/aromatic N) is 1. The molecule has 0 heterocycles. The molecule has 0 radical (unpaired) electrons. The van der Waals surface area contributed by atoms with Gasteiger partial charge < -0.3 is 19.9 Å². The molecule has 0 fully saturated rings. The Labute approximate surface area is 164 Å². The maximum Gasteiger partial charge on any atom is 0.266 e. The molecule has 0 aromatic heterocycles. The average molecular weight is 378 g/mol. The molecule has 2 rings (SSSR count). The van der Waals surface area contributed by atoms with Crippen LogP contribution in [0.3, 0.4) is 0 Å². The molecule has 6 heteroatoms. The summed E-state index contributed by atoms with van der Waals surface area (Å²) in [5, 5.41) is 21.4. The monoisotopic (exact) mass is 378 g/mol. The van der Waals surface area contributed by atoms with Gasteiger partial charge in [0, 0.05) is 11.3 Å². The van der Waals surface area contributed by atoms with Crippen LogP contribution in [0, 0.1) is 11.3 Å². The third-order valence-electron chi connectivity index (χ3n) is 3.83. The summed E-state index contributed by atoms with van der Waals surface area (Å²) in [4.78, 5) is 12.4. The van der Waals surface area contributed by atoms with E-state index in [1.807, 2.05) is 19.1 Å². The number of hydrogen-bond acceptors (Lipinski definition) is 5. The highest BCUT2D eigenvalue weighted by molar-refractivity contribution is 6.09. The number of allylic oxidation sites excluding steroid dienone is 1. The van der Waals surface area contributed by atoms with Crippen LogP contribution in [0.4, 0.5) is 5.69 Å². The molecular weight excluding hydrogens is 356 g/mol. The Hall–Kier alpha value is -3.72. The van der Waals surface area contributed by atoms with Gasteiger partial charge >= 0.3 is 0 Å². The second kappa shape index (κ2) is 9.83. The molecule has 0 spiro atoms. The highest BCUT2D eigenvalue weighted by atomic mass is 16.5. The first-order valence-corrected chi connectivity index (χ1v) is 8.69. The van der Waals surface area contributed by atoms with Crippen LogP contribution < -0.4 is 14.8 Å². The highest BCUT2D eigenvalue weighted by Gasteiger charge is 2.14. The maximum absolute atomic E-state index is 12.4. The molecule has 0 saturated carbocycles. The van der Waals surface area contributed by atoms with Crippen molar-refractivity contribution in [2.45, 2.75) is 13.3 Å².